The SMILES string of the molecule is C#CC1CC(=O)N(C2CONC2=O)C1. The lowest BCUT2D eigenvalue weighted by atomic mass is 10.1. The zero-order valence-corrected chi connectivity index (χ0v) is 7.53. The van der Waals surface area contributed by atoms with Gasteiger partial charge in [0.2, 0.25) is 5.91 Å². The van der Waals surface area contributed by atoms with Gasteiger partial charge in [-0.2, -0.15) is 0 Å². The average molecular weight is 194 g/mol. The maximum absolute atomic E-state index is 11.5. The summed E-state index contributed by atoms with van der Waals surface area (Å²) in [7, 11) is 0. The third-order valence-corrected chi connectivity index (χ3v) is 2.49. The summed E-state index contributed by atoms with van der Waals surface area (Å²) < 4.78 is 0. The molecule has 0 bridgehead atoms. The fourth-order valence-electron chi connectivity index (χ4n) is 1.71. The van der Waals surface area contributed by atoms with E-state index in [0.29, 0.717) is 13.0 Å². The number of rotatable bonds is 1. The summed E-state index contributed by atoms with van der Waals surface area (Å²) in [6.07, 6.45) is 5.56. The van der Waals surface area contributed by atoms with Crippen molar-refractivity contribution in [2.75, 3.05) is 13.2 Å². The van der Waals surface area contributed by atoms with Crippen molar-refractivity contribution in [3.63, 3.8) is 0 Å². The molecule has 2 heterocycles. The van der Waals surface area contributed by atoms with Crippen LogP contribution >= 0.6 is 0 Å². The lowest BCUT2D eigenvalue weighted by molar-refractivity contribution is -0.135. The quantitative estimate of drug-likeness (QED) is 0.539. The number of carbonyl (C=O) groups excluding carboxylic acids is 2. The Labute approximate surface area is 81.3 Å². The van der Waals surface area contributed by atoms with E-state index in [1.54, 1.807) is 0 Å². The summed E-state index contributed by atoms with van der Waals surface area (Å²) in [4.78, 5) is 28.9. The van der Waals surface area contributed by atoms with Crippen LogP contribution in [0.15, 0.2) is 0 Å². The van der Waals surface area contributed by atoms with E-state index in [4.69, 9.17) is 11.3 Å². The molecule has 2 saturated heterocycles. The summed E-state index contributed by atoms with van der Waals surface area (Å²) in [5.41, 5.74) is 2.22. The lowest BCUT2D eigenvalue weighted by Gasteiger charge is -2.19. The Bertz CT molecular complexity index is 321. The van der Waals surface area contributed by atoms with Crippen LogP contribution < -0.4 is 5.48 Å². The zero-order chi connectivity index (χ0) is 10.1. The summed E-state index contributed by atoms with van der Waals surface area (Å²) in [5.74, 6) is 2.12. The first-order valence-corrected chi connectivity index (χ1v) is 4.39. The molecule has 0 saturated carbocycles. The molecule has 2 fully saturated rings. The first-order chi connectivity index (χ1) is 6.72. The smallest absolute Gasteiger partial charge is 0.268 e. The molecule has 2 unspecified atom stereocenters. The normalized spacial score (nSPS) is 31.8. The van der Waals surface area contributed by atoms with Crippen LogP contribution in [0.2, 0.25) is 0 Å². The van der Waals surface area contributed by atoms with Gasteiger partial charge >= 0.3 is 0 Å². The van der Waals surface area contributed by atoms with Gasteiger partial charge in [0.25, 0.3) is 5.91 Å². The maximum atomic E-state index is 11.5. The minimum atomic E-state index is -0.499. The highest BCUT2D eigenvalue weighted by Gasteiger charge is 2.39. The highest BCUT2D eigenvalue weighted by molar-refractivity contribution is 5.89. The van der Waals surface area contributed by atoms with Crippen molar-refractivity contribution in [2.24, 2.45) is 5.92 Å². The highest BCUT2D eigenvalue weighted by Crippen LogP contribution is 2.20. The topological polar surface area (TPSA) is 58.6 Å². The van der Waals surface area contributed by atoms with E-state index in [9.17, 15) is 9.59 Å². The summed E-state index contributed by atoms with van der Waals surface area (Å²) in [6, 6.07) is -0.499. The Morgan fingerprint density at radius 3 is 2.86 bits per heavy atom. The van der Waals surface area contributed by atoms with Crippen LogP contribution in [-0.4, -0.2) is 35.9 Å². The molecule has 2 atom stereocenters. The van der Waals surface area contributed by atoms with Crippen molar-refractivity contribution in [3.8, 4) is 12.3 Å². The number of carbonyl (C=O) groups is 2. The van der Waals surface area contributed by atoms with Crippen LogP contribution in [-0.2, 0) is 14.4 Å². The number of terminal acetylenes is 1. The summed E-state index contributed by atoms with van der Waals surface area (Å²) in [6.45, 7) is 0.665. The third kappa shape index (κ3) is 1.34. The van der Waals surface area contributed by atoms with E-state index < -0.39 is 6.04 Å². The molecule has 1 N–H and O–H groups in total. The van der Waals surface area contributed by atoms with Crippen molar-refractivity contribution in [1.82, 2.24) is 10.4 Å². The molecule has 2 aliphatic rings. The van der Waals surface area contributed by atoms with Gasteiger partial charge in [0.1, 0.15) is 12.6 Å². The second kappa shape index (κ2) is 3.31. The number of nitrogens with zero attached hydrogens (tertiary/aromatic N) is 1. The van der Waals surface area contributed by atoms with E-state index in [-0.39, 0.29) is 24.3 Å². The Kier molecular flexibility index (Phi) is 2.14. The molecule has 74 valence electrons. The van der Waals surface area contributed by atoms with Gasteiger partial charge in [-0.1, -0.05) is 0 Å². The molecule has 0 radical (unpaired) electrons. The average Bonchev–Trinajstić information content (AvgIpc) is 2.72. The molecule has 0 aliphatic carbocycles. The molecule has 5 heteroatoms. The molecule has 0 aromatic carbocycles. The monoisotopic (exact) mass is 194 g/mol. The van der Waals surface area contributed by atoms with Gasteiger partial charge in [0, 0.05) is 18.9 Å². The number of hydrogen-bond donors (Lipinski definition) is 1. The molecule has 2 amide bonds. The largest absolute Gasteiger partial charge is 0.327 e. The zero-order valence-electron chi connectivity index (χ0n) is 7.53. The molecule has 2 rings (SSSR count). The molecule has 14 heavy (non-hydrogen) atoms. The Morgan fingerprint density at radius 1 is 1.57 bits per heavy atom. The van der Waals surface area contributed by atoms with Gasteiger partial charge in [0.15, 0.2) is 0 Å². The van der Waals surface area contributed by atoms with Crippen LogP contribution in [0.5, 0.6) is 0 Å². The van der Waals surface area contributed by atoms with E-state index in [0.717, 1.165) is 0 Å². The molecular weight excluding hydrogens is 184 g/mol. The van der Waals surface area contributed by atoms with Crippen molar-refractivity contribution in [1.29, 1.82) is 0 Å². The standard InChI is InChI=1S/C9H10N2O3/c1-2-6-3-8(12)11(4-6)7-5-14-10-9(7)13/h1,6-7H,3-5H2,(H,10,13). The first-order valence-electron chi connectivity index (χ1n) is 4.39. The number of hydrogen-bond acceptors (Lipinski definition) is 3. The van der Waals surface area contributed by atoms with Crippen molar-refractivity contribution < 1.29 is 14.4 Å². The fraction of sp³-hybridized carbons (Fsp3) is 0.556. The number of hydroxylamine groups is 1. The number of amides is 2. The van der Waals surface area contributed by atoms with Crippen LogP contribution in [0.25, 0.3) is 0 Å². The van der Waals surface area contributed by atoms with E-state index in [2.05, 4.69) is 11.4 Å². The minimum Gasteiger partial charge on any atom is -0.327 e. The molecule has 5 nitrogen and oxygen atoms in total. The van der Waals surface area contributed by atoms with E-state index in [1.807, 2.05) is 0 Å². The molecule has 2 aliphatic heterocycles. The predicted molar refractivity (Wildman–Crippen MR) is 46.5 cm³/mol. The molecule has 0 spiro atoms. The summed E-state index contributed by atoms with van der Waals surface area (Å²) in [5, 5.41) is 0. The van der Waals surface area contributed by atoms with Gasteiger partial charge in [0.05, 0.1) is 0 Å². The van der Waals surface area contributed by atoms with Crippen molar-refractivity contribution in [3.05, 3.63) is 0 Å². The predicted octanol–water partition coefficient (Wildman–Crippen LogP) is -1.10. The third-order valence-electron chi connectivity index (χ3n) is 2.49. The van der Waals surface area contributed by atoms with E-state index in [1.165, 1.54) is 4.90 Å². The minimum absolute atomic E-state index is 0.0707. The van der Waals surface area contributed by atoms with Gasteiger partial charge < -0.3 is 4.90 Å². The van der Waals surface area contributed by atoms with Crippen molar-refractivity contribution >= 4 is 11.8 Å². The van der Waals surface area contributed by atoms with Gasteiger partial charge in [-0.15, -0.1) is 12.3 Å². The molecule has 0 aromatic heterocycles. The maximum Gasteiger partial charge on any atom is 0.268 e. The van der Waals surface area contributed by atoms with Crippen molar-refractivity contribution in [2.45, 2.75) is 12.5 Å². The highest BCUT2D eigenvalue weighted by atomic mass is 16.7. The fourth-order valence-corrected chi connectivity index (χ4v) is 1.71. The van der Waals surface area contributed by atoms with Gasteiger partial charge in [-0.05, 0) is 0 Å². The van der Waals surface area contributed by atoms with Crippen LogP contribution in [0.3, 0.4) is 0 Å². The number of likely N-dealkylation sites (tertiary alicyclic amines) is 1. The van der Waals surface area contributed by atoms with Gasteiger partial charge in [-0.25, -0.2) is 5.48 Å². The second-order valence-corrected chi connectivity index (χ2v) is 3.41. The van der Waals surface area contributed by atoms with Gasteiger partial charge in [-0.3, -0.25) is 14.4 Å². The molecular formula is C9H10N2O3. The lowest BCUT2D eigenvalue weighted by Crippen LogP contribution is -2.43. The van der Waals surface area contributed by atoms with Crippen LogP contribution in [0.4, 0.5) is 0 Å². The van der Waals surface area contributed by atoms with E-state index >= 15 is 0 Å². The Balaban J connectivity index is 2.09. The Morgan fingerprint density at radius 2 is 2.36 bits per heavy atom. The summed E-state index contributed by atoms with van der Waals surface area (Å²) >= 11 is 0. The molecule has 0 aromatic rings. The van der Waals surface area contributed by atoms with Crippen LogP contribution in [0.1, 0.15) is 6.42 Å². The first kappa shape index (κ1) is 9.03. The Hall–Kier alpha value is -1.54. The van der Waals surface area contributed by atoms with Crippen LogP contribution in [0, 0.1) is 18.3 Å². The second-order valence-electron chi connectivity index (χ2n) is 3.41. The number of nitrogens with one attached hydrogen (secondary N) is 1.